The molecule has 2 rings (SSSR count). The average Bonchev–Trinajstić information content (AvgIpc) is 2.76. The maximum Gasteiger partial charge on any atom is 0.465 e. The van der Waals surface area contributed by atoms with Crippen molar-refractivity contribution in [2.75, 3.05) is 0 Å². The number of ether oxygens (including phenoxy) is 1. The van der Waals surface area contributed by atoms with E-state index in [1.54, 1.807) is 13.8 Å². The molecule has 0 amide bonds. The molecule has 3 atom stereocenters. The highest BCUT2D eigenvalue weighted by Crippen LogP contribution is 2.69. The van der Waals surface area contributed by atoms with E-state index in [0.717, 1.165) is 12.8 Å². The first-order valence-electron chi connectivity index (χ1n) is 5.87. The lowest BCUT2D eigenvalue weighted by Gasteiger charge is -2.30. The quantitative estimate of drug-likeness (QED) is 0.635. The third-order valence-corrected chi connectivity index (χ3v) is 5.03. The first kappa shape index (κ1) is 14.6. The molecule has 0 saturated heterocycles. The normalized spacial score (nSPS) is 36.7. The Morgan fingerprint density at radius 3 is 2.26 bits per heavy atom. The molecule has 0 heterocycles. The molecule has 2 aliphatic carbocycles. The predicted molar refractivity (Wildman–Crippen MR) is 61.0 cm³/mol. The van der Waals surface area contributed by atoms with Crippen molar-refractivity contribution in [1.29, 1.82) is 0 Å². The Labute approximate surface area is 110 Å². The number of halogens is 2. The van der Waals surface area contributed by atoms with E-state index in [0.29, 0.717) is 0 Å². The molecular weight excluding hydrogens is 282 g/mol. The van der Waals surface area contributed by atoms with Gasteiger partial charge in [0.1, 0.15) is 6.10 Å². The zero-order valence-corrected chi connectivity index (χ0v) is 11.6. The van der Waals surface area contributed by atoms with Crippen molar-refractivity contribution >= 4 is 16.1 Å². The molecule has 3 unspecified atom stereocenters. The summed E-state index contributed by atoms with van der Waals surface area (Å²) in [4.78, 5) is 11.3. The topological polar surface area (TPSA) is 80.7 Å². The fourth-order valence-corrected chi connectivity index (χ4v) is 3.59. The Morgan fingerprint density at radius 1 is 1.37 bits per heavy atom. The number of carbonyl (C=O) groups excluding carboxylic acids is 1. The van der Waals surface area contributed by atoms with Gasteiger partial charge in [0.15, 0.2) is 0 Å². The van der Waals surface area contributed by atoms with E-state index in [2.05, 4.69) is 0 Å². The van der Waals surface area contributed by atoms with Gasteiger partial charge in [0, 0.05) is 11.3 Å². The molecule has 1 N–H and O–H groups in total. The summed E-state index contributed by atoms with van der Waals surface area (Å²) < 4.78 is 60.4. The number of hydrogen-bond donors (Lipinski definition) is 1. The highest BCUT2D eigenvalue weighted by molar-refractivity contribution is 7.87. The molecule has 8 heteroatoms. The number of hydrogen-bond acceptors (Lipinski definition) is 4. The largest absolute Gasteiger partial charge is 0.465 e. The van der Waals surface area contributed by atoms with Gasteiger partial charge in [-0.2, -0.15) is 17.2 Å². The molecule has 2 saturated carbocycles. The van der Waals surface area contributed by atoms with Gasteiger partial charge in [-0.3, -0.25) is 4.55 Å². The lowest BCUT2D eigenvalue weighted by atomic mass is 9.83. The second-order valence-electron chi connectivity index (χ2n) is 6.45. The molecule has 0 bridgehead atoms. The van der Waals surface area contributed by atoms with Crippen LogP contribution in [0.15, 0.2) is 0 Å². The minimum absolute atomic E-state index is 0.0244. The van der Waals surface area contributed by atoms with E-state index in [9.17, 15) is 22.0 Å². The Morgan fingerprint density at radius 2 is 1.89 bits per heavy atom. The second-order valence-corrected chi connectivity index (χ2v) is 7.91. The van der Waals surface area contributed by atoms with Crippen molar-refractivity contribution in [1.82, 2.24) is 0 Å². The van der Waals surface area contributed by atoms with Crippen LogP contribution < -0.4 is 0 Å². The van der Waals surface area contributed by atoms with Gasteiger partial charge in [-0.15, -0.1) is 0 Å². The summed E-state index contributed by atoms with van der Waals surface area (Å²) in [5.74, 6) is -2.23. The van der Waals surface area contributed by atoms with Crippen molar-refractivity contribution in [2.45, 2.75) is 45.0 Å². The van der Waals surface area contributed by atoms with Crippen LogP contribution in [-0.4, -0.2) is 30.3 Å². The van der Waals surface area contributed by atoms with E-state index >= 15 is 0 Å². The van der Waals surface area contributed by atoms with Crippen LogP contribution in [-0.2, 0) is 19.6 Å². The molecule has 110 valence electrons. The standard InChI is InChI=1S/C11H16F2O5S/c1-9(2)5-10(3)4-6(10)7(9)18-8(14)11(12,13)19(15,16)17/h6-7H,4-5H2,1-3H3,(H,15,16,17). The molecule has 0 aromatic heterocycles. The van der Waals surface area contributed by atoms with Gasteiger partial charge in [-0.25, -0.2) is 4.79 Å². The Balaban J connectivity index is 2.17. The summed E-state index contributed by atoms with van der Waals surface area (Å²) in [6, 6.07) is 0. The Kier molecular flexibility index (Phi) is 2.82. The predicted octanol–water partition coefficient (Wildman–Crippen LogP) is 1.83. The number of rotatable bonds is 3. The van der Waals surface area contributed by atoms with Crippen LogP contribution in [0.4, 0.5) is 8.78 Å². The van der Waals surface area contributed by atoms with Gasteiger partial charge >= 0.3 is 21.3 Å². The minimum Gasteiger partial charge on any atom is -0.456 e. The zero-order valence-electron chi connectivity index (χ0n) is 10.8. The summed E-state index contributed by atoms with van der Waals surface area (Å²) in [5, 5.41) is -4.92. The van der Waals surface area contributed by atoms with Crippen molar-refractivity contribution < 1.29 is 31.3 Å². The summed E-state index contributed by atoms with van der Waals surface area (Å²) in [6.45, 7) is 5.55. The molecule has 0 aliphatic heterocycles. The lowest BCUT2D eigenvalue weighted by Crippen LogP contribution is -2.43. The van der Waals surface area contributed by atoms with Crippen LogP contribution in [0.1, 0.15) is 33.6 Å². The number of esters is 1. The first-order chi connectivity index (χ1) is 8.31. The van der Waals surface area contributed by atoms with Gasteiger partial charge in [0.05, 0.1) is 0 Å². The minimum atomic E-state index is -5.81. The van der Waals surface area contributed by atoms with Gasteiger partial charge in [0.25, 0.3) is 0 Å². The van der Waals surface area contributed by atoms with Crippen LogP contribution in [0.3, 0.4) is 0 Å². The average molecular weight is 298 g/mol. The molecule has 2 aliphatic rings. The fraction of sp³-hybridized carbons (Fsp3) is 0.909. The van der Waals surface area contributed by atoms with E-state index in [1.807, 2.05) is 6.92 Å². The SMILES string of the molecule is CC1(C)CC2(C)CC2C1OC(=O)C(F)(F)S(=O)(=O)O. The molecule has 5 nitrogen and oxygen atoms in total. The summed E-state index contributed by atoms with van der Waals surface area (Å²) >= 11 is 0. The highest BCUT2D eigenvalue weighted by atomic mass is 32.2. The van der Waals surface area contributed by atoms with Crippen molar-refractivity contribution in [3.8, 4) is 0 Å². The van der Waals surface area contributed by atoms with Gasteiger partial charge in [-0.05, 0) is 18.3 Å². The monoisotopic (exact) mass is 298 g/mol. The van der Waals surface area contributed by atoms with E-state index < -0.39 is 32.9 Å². The molecule has 19 heavy (non-hydrogen) atoms. The number of alkyl halides is 2. The maximum absolute atomic E-state index is 13.2. The van der Waals surface area contributed by atoms with Crippen molar-refractivity contribution in [3.05, 3.63) is 0 Å². The third kappa shape index (κ3) is 2.14. The first-order valence-corrected chi connectivity index (χ1v) is 7.31. The van der Waals surface area contributed by atoms with Gasteiger partial charge in [-0.1, -0.05) is 20.8 Å². The van der Waals surface area contributed by atoms with Crippen LogP contribution in [0, 0.1) is 16.7 Å². The number of fused-ring (bicyclic) bond motifs is 1. The van der Waals surface area contributed by atoms with E-state index in [-0.39, 0.29) is 11.3 Å². The Bertz CT molecular complexity index is 527. The summed E-state index contributed by atoms with van der Waals surface area (Å²) in [7, 11) is -5.81. The molecule has 0 radical (unpaired) electrons. The van der Waals surface area contributed by atoms with Crippen LogP contribution in [0.5, 0.6) is 0 Å². The molecule has 0 aromatic rings. The Hall–Kier alpha value is -0.760. The van der Waals surface area contributed by atoms with Gasteiger partial charge in [0.2, 0.25) is 0 Å². The molecule has 0 aromatic carbocycles. The summed E-state index contributed by atoms with van der Waals surface area (Å²) in [5.41, 5.74) is -0.509. The van der Waals surface area contributed by atoms with Crippen LogP contribution >= 0.6 is 0 Å². The number of carbonyl (C=O) groups is 1. The third-order valence-electron chi connectivity index (χ3n) is 4.21. The van der Waals surface area contributed by atoms with E-state index in [4.69, 9.17) is 9.29 Å². The zero-order chi connectivity index (χ0) is 14.9. The van der Waals surface area contributed by atoms with Crippen molar-refractivity contribution in [3.63, 3.8) is 0 Å². The maximum atomic E-state index is 13.2. The summed E-state index contributed by atoms with van der Waals surface area (Å²) in [6.07, 6.45) is 0.740. The van der Waals surface area contributed by atoms with Crippen molar-refractivity contribution in [2.24, 2.45) is 16.7 Å². The van der Waals surface area contributed by atoms with Gasteiger partial charge < -0.3 is 4.74 Å². The molecule has 0 spiro atoms. The lowest BCUT2D eigenvalue weighted by molar-refractivity contribution is -0.173. The van der Waals surface area contributed by atoms with Crippen LogP contribution in [0.2, 0.25) is 0 Å². The second kappa shape index (κ2) is 3.66. The molecular formula is C11H16F2O5S. The fourth-order valence-electron chi connectivity index (χ4n) is 3.34. The van der Waals surface area contributed by atoms with E-state index in [1.165, 1.54) is 0 Å². The van der Waals surface area contributed by atoms with Crippen LogP contribution in [0.25, 0.3) is 0 Å². The highest BCUT2D eigenvalue weighted by Gasteiger charge is 2.68. The smallest absolute Gasteiger partial charge is 0.456 e. The molecule has 2 fully saturated rings.